The first-order valence-electron chi connectivity index (χ1n) is 3.61. The SMILES string of the molecule is CC(C)P1(C)(F)CC1(C)F. The molecule has 0 nitrogen and oxygen atoms in total. The second kappa shape index (κ2) is 1.55. The monoisotopic (exact) mass is 168 g/mol. The second-order valence-corrected chi connectivity index (χ2v) is 9.89. The Bertz CT molecular complexity index is 172. The van der Waals surface area contributed by atoms with E-state index in [0.717, 1.165) is 0 Å². The van der Waals surface area contributed by atoms with Crippen molar-refractivity contribution < 1.29 is 8.59 Å². The van der Waals surface area contributed by atoms with Crippen molar-refractivity contribution in [1.29, 1.82) is 0 Å². The van der Waals surface area contributed by atoms with Crippen LogP contribution >= 0.6 is 6.91 Å². The van der Waals surface area contributed by atoms with Crippen LogP contribution in [0.1, 0.15) is 20.8 Å². The Morgan fingerprint density at radius 2 is 1.80 bits per heavy atom. The van der Waals surface area contributed by atoms with E-state index in [1.165, 1.54) is 13.6 Å². The van der Waals surface area contributed by atoms with Gasteiger partial charge >= 0.3 is 60.2 Å². The van der Waals surface area contributed by atoms with Crippen LogP contribution in [-0.2, 0) is 0 Å². The molecule has 1 fully saturated rings. The van der Waals surface area contributed by atoms with Gasteiger partial charge in [-0.3, -0.25) is 0 Å². The van der Waals surface area contributed by atoms with Crippen molar-refractivity contribution in [1.82, 2.24) is 0 Å². The summed E-state index contributed by atoms with van der Waals surface area (Å²) in [6, 6.07) is 0. The van der Waals surface area contributed by atoms with Gasteiger partial charge < -0.3 is 0 Å². The number of hydrogen-bond donors (Lipinski definition) is 0. The molecule has 0 saturated carbocycles. The maximum absolute atomic E-state index is 13.8. The maximum atomic E-state index is 13.8. The molecule has 10 heavy (non-hydrogen) atoms. The van der Waals surface area contributed by atoms with Gasteiger partial charge in [0.2, 0.25) is 0 Å². The van der Waals surface area contributed by atoms with Crippen LogP contribution < -0.4 is 0 Å². The van der Waals surface area contributed by atoms with Gasteiger partial charge in [-0.25, -0.2) is 0 Å². The minimum absolute atomic E-state index is 0.110. The van der Waals surface area contributed by atoms with Gasteiger partial charge in [-0.15, -0.1) is 0 Å². The Labute approximate surface area is 61.0 Å². The zero-order chi connectivity index (χ0) is 8.23. The molecule has 0 N–H and O–H groups in total. The van der Waals surface area contributed by atoms with Crippen LogP contribution in [0.15, 0.2) is 0 Å². The van der Waals surface area contributed by atoms with Crippen molar-refractivity contribution in [2.45, 2.75) is 31.8 Å². The molecule has 62 valence electrons. The van der Waals surface area contributed by atoms with Gasteiger partial charge in [0.05, 0.1) is 0 Å². The molecule has 0 aliphatic carbocycles. The molecule has 0 spiro atoms. The molecule has 0 aromatic heterocycles. The van der Waals surface area contributed by atoms with E-state index >= 15 is 0 Å². The molecule has 0 radical (unpaired) electrons. The third-order valence-corrected chi connectivity index (χ3v) is 9.45. The van der Waals surface area contributed by atoms with E-state index in [9.17, 15) is 8.59 Å². The predicted molar refractivity (Wildman–Crippen MR) is 43.5 cm³/mol. The first kappa shape index (κ1) is 8.39. The Kier molecular flexibility index (Phi) is 1.30. The Morgan fingerprint density at radius 3 is 1.80 bits per heavy atom. The second-order valence-electron chi connectivity index (χ2n) is 4.13. The summed E-state index contributed by atoms with van der Waals surface area (Å²) in [4.78, 5) is 0. The van der Waals surface area contributed by atoms with Crippen molar-refractivity contribution in [2.24, 2.45) is 0 Å². The Morgan fingerprint density at radius 1 is 1.50 bits per heavy atom. The van der Waals surface area contributed by atoms with Gasteiger partial charge in [-0.2, -0.15) is 0 Å². The van der Waals surface area contributed by atoms with Crippen molar-refractivity contribution in [3.63, 3.8) is 0 Å². The molecule has 1 heterocycles. The topological polar surface area (TPSA) is 0 Å². The summed E-state index contributed by atoms with van der Waals surface area (Å²) in [6.07, 6.45) is 0.177. The number of rotatable bonds is 1. The van der Waals surface area contributed by atoms with Crippen molar-refractivity contribution in [2.75, 3.05) is 12.8 Å². The van der Waals surface area contributed by atoms with Crippen LogP contribution in [0.25, 0.3) is 0 Å². The summed E-state index contributed by atoms with van der Waals surface area (Å²) in [6.45, 7) is 3.12. The first-order valence-corrected chi connectivity index (χ1v) is 6.44. The van der Waals surface area contributed by atoms with Crippen molar-refractivity contribution in [3.05, 3.63) is 0 Å². The summed E-state index contributed by atoms with van der Waals surface area (Å²) in [7, 11) is 0. The average molecular weight is 168 g/mol. The first-order chi connectivity index (χ1) is 4.20. The molecule has 1 aliphatic heterocycles. The van der Waals surface area contributed by atoms with E-state index in [0.29, 0.717) is 0 Å². The fourth-order valence-electron chi connectivity index (χ4n) is 1.39. The molecule has 1 atom stereocenters. The van der Waals surface area contributed by atoms with Gasteiger partial charge in [0.25, 0.3) is 0 Å². The summed E-state index contributed by atoms with van der Waals surface area (Å²) in [5, 5.41) is -1.47. The van der Waals surface area contributed by atoms with Crippen LogP contribution in [0.3, 0.4) is 0 Å². The molecule has 0 aromatic carbocycles. The van der Waals surface area contributed by atoms with Crippen LogP contribution in [0, 0.1) is 0 Å². The molecule has 0 amide bonds. The minimum atomic E-state index is -3.34. The quantitative estimate of drug-likeness (QED) is 0.527. The van der Waals surface area contributed by atoms with E-state index < -0.39 is 12.3 Å². The zero-order valence-electron chi connectivity index (χ0n) is 6.99. The molecule has 1 aliphatic rings. The number of halogens is 2. The summed E-state index contributed by atoms with van der Waals surface area (Å²) < 4.78 is 27.0. The van der Waals surface area contributed by atoms with Gasteiger partial charge in [0.1, 0.15) is 0 Å². The van der Waals surface area contributed by atoms with Crippen molar-refractivity contribution in [3.8, 4) is 0 Å². The van der Waals surface area contributed by atoms with E-state index in [1.54, 1.807) is 13.8 Å². The fraction of sp³-hybridized carbons (Fsp3) is 1.00. The molecule has 0 bridgehead atoms. The summed E-state index contributed by atoms with van der Waals surface area (Å²) in [5.74, 6) is 0. The molecule has 1 rings (SSSR count). The summed E-state index contributed by atoms with van der Waals surface area (Å²) in [5.41, 5.74) is -0.110. The molecule has 3 heteroatoms. The normalized spacial score (nSPS) is 46.1. The summed E-state index contributed by atoms with van der Waals surface area (Å²) >= 11 is 0. The van der Waals surface area contributed by atoms with Crippen LogP contribution in [0.4, 0.5) is 8.59 Å². The third kappa shape index (κ3) is 0.689. The van der Waals surface area contributed by atoms with Gasteiger partial charge in [-0.05, 0) is 0 Å². The molecule has 1 saturated heterocycles. The van der Waals surface area contributed by atoms with E-state index in [-0.39, 0.29) is 11.8 Å². The number of alkyl halides is 1. The molecular formula is C7H15F2P. The molecule has 1 unspecified atom stereocenters. The van der Waals surface area contributed by atoms with E-state index in [1.807, 2.05) is 0 Å². The van der Waals surface area contributed by atoms with Crippen LogP contribution in [0.2, 0.25) is 0 Å². The number of hydrogen-bond acceptors (Lipinski definition) is 0. The Hall–Kier alpha value is 0.290. The molecule has 0 aromatic rings. The third-order valence-electron chi connectivity index (χ3n) is 3.15. The van der Waals surface area contributed by atoms with Gasteiger partial charge in [-0.1, -0.05) is 0 Å². The Balaban J connectivity index is 2.91. The fourth-order valence-corrected chi connectivity index (χ4v) is 5.01. The van der Waals surface area contributed by atoms with Crippen molar-refractivity contribution >= 4 is 6.91 Å². The van der Waals surface area contributed by atoms with E-state index in [4.69, 9.17) is 0 Å². The standard InChI is InChI=1S/C7H15F2P/c1-6(2)10(4,9)5-7(10,3)8/h6H,5H2,1-4H3. The van der Waals surface area contributed by atoms with Gasteiger partial charge in [0.15, 0.2) is 0 Å². The molecular weight excluding hydrogens is 153 g/mol. The van der Waals surface area contributed by atoms with Crippen LogP contribution in [-0.4, -0.2) is 23.9 Å². The zero-order valence-corrected chi connectivity index (χ0v) is 7.88. The van der Waals surface area contributed by atoms with E-state index in [2.05, 4.69) is 0 Å². The van der Waals surface area contributed by atoms with Crippen LogP contribution in [0.5, 0.6) is 0 Å². The average Bonchev–Trinajstić information content (AvgIpc) is 2.01. The predicted octanol–water partition coefficient (Wildman–Crippen LogP) is 3.16. The van der Waals surface area contributed by atoms with Gasteiger partial charge in [0, 0.05) is 0 Å².